The summed E-state index contributed by atoms with van der Waals surface area (Å²) in [7, 11) is 0. The zero-order valence-corrected chi connectivity index (χ0v) is 13.1. The van der Waals surface area contributed by atoms with Crippen LogP contribution in [0.25, 0.3) is 0 Å². The fourth-order valence-corrected chi connectivity index (χ4v) is 4.06. The number of halogens is 1. The minimum atomic E-state index is 0.283. The van der Waals surface area contributed by atoms with Crippen LogP contribution in [0.5, 0.6) is 0 Å². The Morgan fingerprint density at radius 3 is 2.94 bits per heavy atom. The lowest BCUT2D eigenvalue weighted by molar-refractivity contribution is 0.305. The van der Waals surface area contributed by atoms with Gasteiger partial charge >= 0.3 is 0 Å². The molecule has 0 saturated carbocycles. The molecule has 1 aliphatic rings. The first-order chi connectivity index (χ1) is 8.53. The Hall–Kier alpha value is -0.660. The molecular formula is C14H17BrN2S. The van der Waals surface area contributed by atoms with E-state index >= 15 is 0 Å². The number of nitriles is 1. The number of hydrogen-bond acceptors (Lipinski definition) is 3. The van der Waals surface area contributed by atoms with Crippen molar-refractivity contribution in [3.05, 3.63) is 28.2 Å². The van der Waals surface area contributed by atoms with Gasteiger partial charge < -0.3 is 5.32 Å². The van der Waals surface area contributed by atoms with E-state index in [9.17, 15) is 5.26 Å². The Bertz CT molecular complexity index is 479. The predicted octanol–water partition coefficient (Wildman–Crippen LogP) is 4.26. The number of anilines is 1. The molecule has 2 rings (SSSR count). The van der Waals surface area contributed by atoms with E-state index in [1.165, 1.54) is 12.2 Å². The topological polar surface area (TPSA) is 35.8 Å². The molecule has 0 aromatic heterocycles. The monoisotopic (exact) mass is 324 g/mol. The van der Waals surface area contributed by atoms with E-state index in [-0.39, 0.29) is 5.41 Å². The van der Waals surface area contributed by atoms with Gasteiger partial charge in [0.2, 0.25) is 0 Å². The maximum Gasteiger partial charge on any atom is 0.101 e. The number of benzene rings is 1. The highest BCUT2D eigenvalue weighted by Gasteiger charge is 2.32. The summed E-state index contributed by atoms with van der Waals surface area (Å²) in [5.41, 5.74) is 1.93. The van der Waals surface area contributed by atoms with Crippen molar-refractivity contribution in [1.29, 1.82) is 5.26 Å². The SMILES string of the molecule is CC1(C)CCSCC1Nc1ccc(Br)cc1C#N. The van der Waals surface area contributed by atoms with Crippen LogP contribution in [0.3, 0.4) is 0 Å². The third kappa shape index (κ3) is 3.02. The predicted molar refractivity (Wildman–Crippen MR) is 82.0 cm³/mol. The van der Waals surface area contributed by atoms with Gasteiger partial charge in [-0.2, -0.15) is 17.0 Å². The van der Waals surface area contributed by atoms with Gasteiger partial charge in [-0.15, -0.1) is 0 Å². The second-order valence-electron chi connectivity index (χ2n) is 5.31. The van der Waals surface area contributed by atoms with Crippen molar-refractivity contribution in [3.8, 4) is 6.07 Å². The van der Waals surface area contributed by atoms with Gasteiger partial charge in [0.15, 0.2) is 0 Å². The van der Waals surface area contributed by atoms with Crippen molar-refractivity contribution < 1.29 is 0 Å². The van der Waals surface area contributed by atoms with Gasteiger partial charge in [-0.3, -0.25) is 0 Å². The summed E-state index contributed by atoms with van der Waals surface area (Å²) >= 11 is 5.39. The minimum Gasteiger partial charge on any atom is -0.380 e. The summed E-state index contributed by atoms with van der Waals surface area (Å²) in [5, 5.41) is 12.7. The van der Waals surface area contributed by atoms with Crippen molar-refractivity contribution in [2.45, 2.75) is 26.3 Å². The van der Waals surface area contributed by atoms with Crippen LogP contribution in [-0.2, 0) is 0 Å². The van der Waals surface area contributed by atoms with Crippen molar-refractivity contribution in [2.75, 3.05) is 16.8 Å². The van der Waals surface area contributed by atoms with E-state index in [1.54, 1.807) is 0 Å². The van der Waals surface area contributed by atoms with Gasteiger partial charge in [-0.25, -0.2) is 0 Å². The Morgan fingerprint density at radius 2 is 2.28 bits per heavy atom. The molecule has 1 aromatic carbocycles. The molecule has 96 valence electrons. The highest BCUT2D eigenvalue weighted by atomic mass is 79.9. The summed E-state index contributed by atoms with van der Waals surface area (Å²) in [5.74, 6) is 2.34. The van der Waals surface area contributed by atoms with Gasteiger partial charge in [0.1, 0.15) is 6.07 Å². The first-order valence-corrected chi connectivity index (χ1v) is 8.01. The van der Waals surface area contributed by atoms with Crippen LogP contribution in [-0.4, -0.2) is 17.5 Å². The first kappa shape index (κ1) is 13.8. The van der Waals surface area contributed by atoms with Crippen LogP contribution in [0, 0.1) is 16.7 Å². The fraction of sp³-hybridized carbons (Fsp3) is 0.500. The molecular weight excluding hydrogens is 308 g/mol. The number of nitrogens with one attached hydrogen (secondary N) is 1. The normalized spacial score (nSPS) is 22.2. The van der Waals surface area contributed by atoms with Gasteiger partial charge in [0.05, 0.1) is 11.3 Å². The second-order valence-corrected chi connectivity index (χ2v) is 7.38. The van der Waals surface area contributed by atoms with E-state index in [2.05, 4.69) is 41.2 Å². The molecule has 0 radical (unpaired) electrons. The lowest BCUT2D eigenvalue weighted by Crippen LogP contribution is -2.41. The van der Waals surface area contributed by atoms with Crippen LogP contribution in [0.2, 0.25) is 0 Å². The van der Waals surface area contributed by atoms with E-state index in [1.807, 2.05) is 30.0 Å². The minimum absolute atomic E-state index is 0.283. The Labute approximate surface area is 121 Å². The average Bonchev–Trinajstić information content (AvgIpc) is 2.33. The van der Waals surface area contributed by atoms with E-state index in [0.717, 1.165) is 15.9 Å². The number of rotatable bonds is 2. The average molecular weight is 325 g/mol. The molecule has 0 spiro atoms. The van der Waals surface area contributed by atoms with Gasteiger partial charge in [-0.1, -0.05) is 29.8 Å². The maximum atomic E-state index is 9.19. The van der Waals surface area contributed by atoms with Crippen LogP contribution >= 0.6 is 27.7 Å². The van der Waals surface area contributed by atoms with Gasteiger partial charge in [-0.05, 0) is 35.8 Å². The Kier molecular flexibility index (Phi) is 4.24. The zero-order valence-electron chi connectivity index (χ0n) is 10.7. The Balaban J connectivity index is 2.21. The number of hydrogen-bond donors (Lipinski definition) is 1. The number of nitrogens with zero attached hydrogens (tertiary/aromatic N) is 1. The molecule has 0 bridgehead atoms. The lowest BCUT2D eigenvalue weighted by atomic mass is 9.82. The van der Waals surface area contributed by atoms with Crippen LogP contribution < -0.4 is 5.32 Å². The van der Waals surface area contributed by atoms with Crippen LogP contribution in [0.4, 0.5) is 5.69 Å². The number of thioether (sulfide) groups is 1. The zero-order chi connectivity index (χ0) is 13.2. The molecule has 1 atom stereocenters. The second kappa shape index (κ2) is 5.54. The van der Waals surface area contributed by atoms with Crippen molar-refractivity contribution in [2.24, 2.45) is 5.41 Å². The molecule has 4 heteroatoms. The molecule has 18 heavy (non-hydrogen) atoms. The summed E-state index contributed by atoms with van der Waals surface area (Å²) in [6, 6.07) is 8.50. The third-order valence-electron chi connectivity index (χ3n) is 3.55. The van der Waals surface area contributed by atoms with Crippen LogP contribution in [0.15, 0.2) is 22.7 Å². The molecule has 1 saturated heterocycles. The summed E-state index contributed by atoms with van der Waals surface area (Å²) in [6.45, 7) is 4.60. The van der Waals surface area contributed by atoms with Crippen molar-refractivity contribution >= 4 is 33.4 Å². The van der Waals surface area contributed by atoms with Gasteiger partial charge in [0, 0.05) is 16.3 Å². The molecule has 1 aromatic rings. The maximum absolute atomic E-state index is 9.19. The molecule has 1 heterocycles. The molecule has 0 amide bonds. The molecule has 2 nitrogen and oxygen atoms in total. The highest BCUT2D eigenvalue weighted by molar-refractivity contribution is 9.10. The largest absolute Gasteiger partial charge is 0.380 e. The van der Waals surface area contributed by atoms with Gasteiger partial charge in [0.25, 0.3) is 0 Å². The van der Waals surface area contributed by atoms with Crippen molar-refractivity contribution in [3.63, 3.8) is 0 Å². The van der Waals surface area contributed by atoms with E-state index in [0.29, 0.717) is 11.6 Å². The molecule has 1 unspecified atom stereocenters. The molecule has 1 N–H and O–H groups in total. The van der Waals surface area contributed by atoms with E-state index in [4.69, 9.17) is 0 Å². The van der Waals surface area contributed by atoms with E-state index < -0.39 is 0 Å². The van der Waals surface area contributed by atoms with Crippen LogP contribution in [0.1, 0.15) is 25.8 Å². The van der Waals surface area contributed by atoms with Crippen molar-refractivity contribution in [1.82, 2.24) is 0 Å². The molecule has 1 fully saturated rings. The molecule has 0 aliphatic carbocycles. The highest BCUT2D eigenvalue weighted by Crippen LogP contribution is 2.36. The lowest BCUT2D eigenvalue weighted by Gasteiger charge is -2.39. The summed E-state index contributed by atoms with van der Waals surface area (Å²) in [4.78, 5) is 0. The quantitative estimate of drug-likeness (QED) is 0.882. The first-order valence-electron chi connectivity index (χ1n) is 6.07. The fourth-order valence-electron chi connectivity index (χ4n) is 2.10. The summed E-state index contributed by atoms with van der Waals surface area (Å²) < 4.78 is 0.946. The standard InChI is InChI=1S/C14H17BrN2S/c1-14(2)5-6-18-9-13(14)17-12-4-3-11(15)7-10(12)8-16/h3-4,7,13,17H,5-6,9H2,1-2H3. The third-order valence-corrected chi connectivity index (χ3v) is 5.11. The Morgan fingerprint density at radius 1 is 1.50 bits per heavy atom. The molecule has 1 aliphatic heterocycles. The smallest absolute Gasteiger partial charge is 0.101 e. The summed E-state index contributed by atoms with van der Waals surface area (Å²) in [6.07, 6.45) is 1.22.